The third-order valence-corrected chi connectivity index (χ3v) is 9.43. The first-order valence-corrected chi connectivity index (χ1v) is 14.7. The molecule has 0 N–H and O–H groups in total. The molecule has 200 valence electrons. The van der Waals surface area contributed by atoms with E-state index in [0.29, 0.717) is 0 Å². The molecule has 0 saturated heterocycles. The Morgan fingerprint density at radius 2 is 1.45 bits per heavy atom. The van der Waals surface area contributed by atoms with Crippen molar-refractivity contribution >= 4 is 33.9 Å². The molecule has 1 heterocycles. The first-order chi connectivity index (χ1) is 20.6. The number of nitrogens with zero attached hydrogens (tertiary/aromatic N) is 1. The Morgan fingerprint density at radius 3 is 2.36 bits per heavy atom. The summed E-state index contributed by atoms with van der Waals surface area (Å²) in [7, 11) is 0. The second kappa shape index (κ2) is 8.47. The van der Waals surface area contributed by atoms with Gasteiger partial charge in [-0.15, -0.1) is 0 Å². The summed E-state index contributed by atoms with van der Waals surface area (Å²) in [6.07, 6.45) is 5.34. The zero-order valence-electron chi connectivity index (χ0n) is 23.7. The number of rotatable bonds is 2. The van der Waals surface area contributed by atoms with Crippen LogP contribution in [0.1, 0.15) is 36.1 Å². The van der Waals surface area contributed by atoms with Crippen LogP contribution in [0.5, 0.6) is 11.5 Å². The first kappa shape index (κ1) is 23.6. The fourth-order valence-electron chi connectivity index (χ4n) is 7.39. The van der Waals surface area contributed by atoms with Crippen LogP contribution in [0, 0.1) is 0 Å². The number of ether oxygens (including phenoxy) is 1. The van der Waals surface area contributed by atoms with Crippen molar-refractivity contribution in [1.82, 2.24) is 0 Å². The Morgan fingerprint density at radius 1 is 0.667 bits per heavy atom. The summed E-state index contributed by atoms with van der Waals surface area (Å²) < 4.78 is 6.81. The predicted molar refractivity (Wildman–Crippen MR) is 174 cm³/mol. The van der Waals surface area contributed by atoms with Crippen molar-refractivity contribution in [3.8, 4) is 33.8 Å². The molecule has 6 aromatic rings. The van der Waals surface area contributed by atoms with Crippen molar-refractivity contribution in [2.45, 2.75) is 25.7 Å². The molecular formula is C40H29NO. The molecule has 2 heteroatoms. The second-order valence-electron chi connectivity index (χ2n) is 12.1. The number of allylic oxidation sites excluding steroid dienone is 1. The van der Waals surface area contributed by atoms with Crippen LogP contribution in [0.25, 0.3) is 39.1 Å². The molecule has 0 saturated carbocycles. The van der Waals surface area contributed by atoms with Crippen molar-refractivity contribution in [2.75, 3.05) is 4.90 Å². The highest BCUT2D eigenvalue weighted by Crippen LogP contribution is 2.55. The standard InChI is InChI=1S/C40H29NO/c1-40(2)33-17-7-6-15-30(33)31-20-18-26(22-34(31)40)27-19-21-37-35(23-27)41(29-13-4-3-5-14-29)36-24-28-12-8-10-25-11-9-16-32(38(25)28)39(36)42-37/h3-15,17-24H,16H2,1-2H3. The summed E-state index contributed by atoms with van der Waals surface area (Å²) in [5.74, 6) is 1.84. The van der Waals surface area contributed by atoms with E-state index in [4.69, 9.17) is 4.74 Å². The Hall–Kier alpha value is -5.08. The Balaban J connectivity index is 1.23. The first-order valence-electron chi connectivity index (χ1n) is 14.7. The number of benzene rings is 6. The van der Waals surface area contributed by atoms with E-state index in [-0.39, 0.29) is 5.41 Å². The summed E-state index contributed by atoms with van der Waals surface area (Å²) in [4.78, 5) is 2.38. The number of hydrogen-bond donors (Lipinski definition) is 0. The van der Waals surface area contributed by atoms with Crippen LogP contribution in [-0.2, 0) is 11.8 Å². The van der Waals surface area contributed by atoms with E-state index in [1.807, 2.05) is 0 Å². The molecule has 42 heavy (non-hydrogen) atoms. The van der Waals surface area contributed by atoms with Crippen LogP contribution < -0.4 is 9.64 Å². The van der Waals surface area contributed by atoms with E-state index in [0.717, 1.165) is 35.0 Å². The normalized spacial score (nSPS) is 15.0. The SMILES string of the molecule is CC1(C)c2ccccc2-c2ccc(-c3ccc4c(c3)N(c3ccccc3)c3cc5cccc6c5c(c3O4)CC=C6)cc21. The largest absolute Gasteiger partial charge is 0.453 e. The van der Waals surface area contributed by atoms with Gasteiger partial charge in [0.15, 0.2) is 11.5 Å². The number of para-hydroxylation sites is 1. The van der Waals surface area contributed by atoms with Gasteiger partial charge in [0.25, 0.3) is 0 Å². The van der Waals surface area contributed by atoms with Gasteiger partial charge in [-0.3, -0.25) is 0 Å². The smallest absolute Gasteiger partial charge is 0.155 e. The molecule has 0 aromatic heterocycles. The van der Waals surface area contributed by atoms with E-state index in [1.165, 1.54) is 55.3 Å². The molecule has 0 spiro atoms. The van der Waals surface area contributed by atoms with Crippen LogP contribution in [0.2, 0.25) is 0 Å². The molecule has 0 bridgehead atoms. The summed E-state index contributed by atoms with van der Waals surface area (Å²) in [5, 5.41) is 2.55. The van der Waals surface area contributed by atoms with Crippen molar-refractivity contribution in [3.05, 3.63) is 144 Å². The number of anilines is 3. The molecular weight excluding hydrogens is 510 g/mol. The van der Waals surface area contributed by atoms with E-state index in [9.17, 15) is 0 Å². The highest BCUT2D eigenvalue weighted by Gasteiger charge is 2.35. The van der Waals surface area contributed by atoms with E-state index >= 15 is 0 Å². The lowest BCUT2D eigenvalue weighted by Crippen LogP contribution is -2.17. The number of fused-ring (bicyclic) bond motifs is 6. The van der Waals surface area contributed by atoms with Crippen molar-refractivity contribution in [2.24, 2.45) is 0 Å². The van der Waals surface area contributed by atoms with Gasteiger partial charge in [-0.05, 0) is 92.5 Å². The van der Waals surface area contributed by atoms with Gasteiger partial charge in [0.05, 0.1) is 11.4 Å². The van der Waals surface area contributed by atoms with Crippen molar-refractivity contribution < 1.29 is 4.74 Å². The maximum atomic E-state index is 6.81. The van der Waals surface area contributed by atoms with Crippen LogP contribution in [0.3, 0.4) is 0 Å². The van der Waals surface area contributed by atoms with Crippen LogP contribution in [-0.4, -0.2) is 0 Å². The molecule has 1 aliphatic heterocycles. The summed E-state index contributed by atoms with van der Waals surface area (Å²) in [6.45, 7) is 4.68. The highest BCUT2D eigenvalue weighted by molar-refractivity contribution is 6.03. The van der Waals surface area contributed by atoms with Crippen LogP contribution >= 0.6 is 0 Å². The quantitative estimate of drug-likeness (QED) is 0.217. The zero-order chi connectivity index (χ0) is 28.0. The van der Waals surface area contributed by atoms with E-state index in [2.05, 4.69) is 146 Å². The highest BCUT2D eigenvalue weighted by atomic mass is 16.5. The lowest BCUT2D eigenvalue weighted by molar-refractivity contribution is 0.473. The maximum absolute atomic E-state index is 6.81. The maximum Gasteiger partial charge on any atom is 0.155 e. The van der Waals surface area contributed by atoms with Gasteiger partial charge >= 0.3 is 0 Å². The third kappa shape index (κ3) is 3.21. The van der Waals surface area contributed by atoms with Crippen molar-refractivity contribution in [3.63, 3.8) is 0 Å². The number of hydrogen-bond acceptors (Lipinski definition) is 2. The van der Waals surface area contributed by atoms with Gasteiger partial charge in [-0.2, -0.15) is 0 Å². The summed E-state index contributed by atoms with van der Waals surface area (Å²) in [5.41, 5.74) is 13.6. The Labute approximate surface area is 246 Å². The van der Waals surface area contributed by atoms with Gasteiger partial charge in [0.2, 0.25) is 0 Å². The summed E-state index contributed by atoms with van der Waals surface area (Å²) in [6, 6.07) is 42.0. The van der Waals surface area contributed by atoms with Gasteiger partial charge in [0.1, 0.15) is 0 Å². The minimum Gasteiger partial charge on any atom is -0.453 e. The van der Waals surface area contributed by atoms with Gasteiger partial charge in [-0.1, -0.05) is 105 Å². The minimum absolute atomic E-state index is 0.0377. The summed E-state index contributed by atoms with van der Waals surface area (Å²) >= 11 is 0. The predicted octanol–water partition coefficient (Wildman–Crippen LogP) is 11.0. The average molecular weight is 540 g/mol. The zero-order valence-corrected chi connectivity index (χ0v) is 23.7. The van der Waals surface area contributed by atoms with Crippen LogP contribution in [0.4, 0.5) is 17.1 Å². The molecule has 0 unspecified atom stereocenters. The lowest BCUT2D eigenvalue weighted by Gasteiger charge is -2.35. The van der Waals surface area contributed by atoms with E-state index < -0.39 is 0 Å². The lowest BCUT2D eigenvalue weighted by atomic mass is 9.81. The molecule has 9 rings (SSSR count). The van der Waals surface area contributed by atoms with Gasteiger partial charge in [0, 0.05) is 16.7 Å². The Kier molecular flexibility index (Phi) is 4.76. The topological polar surface area (TPSA) is 12.5 Å². The molecule has 0 amide bonds. The monoisotopic (exact) mass is 539 g/mol. The molecule has 6 aromatic carbocycles. The van der Waals surface area contributed by atoms with Gasteiger partial charge in [-0.25, -0.2) is 0 Å². The fourth-order valence-corrected chi connectivity index (χ4v) is 7.39. The molecule has 0 fully saturated rings. The molecule has 2 aliphatic carbocycles. The second-order valence-corrected chi connectivity index (χ2v) is 12.1. The average Bonchev–Trinajstić information content (AvgIpc) is 3.26. The molecule has 2 nitrogen and oxygen atoms in total. The molecule has 3 aliphatic rings. The van der Waals surface area contributed by atoms with Gasteiger partial charge < -0.3 is 9.64 Å². The van der Waals surface area contributed by atoms with Crippen LogP contribution in [0.15, 0.2) is 121 Å². The molecule has 0 radical (unpaired) electrons. The van der Waals surface area contributed by atoms with E-state index in [1.54, 1.807) is 0 Å². The molecule has 0 atom stereocenters. The van der Waals surface area contributed by atoms with Crippen molar-refractivity contribution in [1.29, 1.82) is 0 Å². The minimum atomic E-state index is -0.0377. The fraction of sp³-hybridized carbons (Fsp3) is 0.100. The Bertz CT molecular complexity index is 2120. The third-order valence-electron chi connectivity index (χ3n) is 9.43.